The number of nitrogens with one attached hydrogen (secondary N) is 1. The van der Waals surface area contributed by atoms with Gasteiger partial charge in [0.1, 0.15) is 17.6 Å². The summed E-state index contributed by atoms with van der Waals surface area (Å²) in [6.07, 6.45) is 0. The summed E-state index contributed by atoms with van der Waals surface area (Å²) in [5.41, 5.74) is 2.43. The molecule has 1 heterocycles. The van der Waals surface area contributed by atoms with E-state index in [1.54, 1.807) is 0 Å². The summed E-state index contributed by atoms with van der Waals surface area (Å²) in [6, 6.07) is 5.50. The average Bonchev–Trinajstić information content (AvgIpc) is 2.61. The van der Waals surface area contributed by atoms with E-state index >= 15 is 0 Å². The maximum atomic E-state index is 8.49. The highest BCUT2D eigenvalue weighted by molar-refractivity contribution is 5.75. The highest BCUT2D eigenvalue weighted by Crippen LogP contribution is 2.08. The summed E-state index contributed by atoms with van der Waals surface area (Å²) >= 11 is 0. The molecule has 0 radical (unpaired) electrons. The van der Waals surface area contributed by atoms with E-state index in [-0.39, 0.29) is 6.61 Å². The molecule has 0 aliphatic carbocycles. The van der Waals surface area contributed by atoms with Crippen LogP contribution in [-0.2, 0) is 0 Å². The number of hydrogen-bond acceptors (Lipinski definition) is 3. The minimum absolute atomic E-state index is 0.128. The van der Waals surface area contributed by atoms with Crippen molar-refractivity contribution in [3.05, 3.63) is 23.8 Å². The molecule has 4 heteroatoms. The van der Waals surface area contributed by atoms with Crippen LogP contribution < -0.4 is 0 Å². The van der Waals surface area contributed by atoms with Crippen LogP contribution in [0.5, 0.6) is 0 Å². The van der Waals surface area contributed by atoms with Crippen molar-refractivity contribution in [1.82, 2.24) is 15.4 Å². The Hall–Kier alpha value is -1.86. The lowest BCUT2D eigenvalue weighted by molar-refractivity contribution is 0.350. The fourth-order valence-electron chi connectivity index (χ4n) is 1.06. The molecule has 4 nitrogen and oxygen atoms in total. The number of aromatic nitrogens is 3. The highest BCUT2D eigenvalue weighted by atomic mass is 16.2. The van der Waals surface area contributed by atoms with E-state index in [1.807, 2.05) is 18.2 Å². The smallest absolute Gasteiger partial charge is 0.114 e. The first-order valence-electron chi connectivity index (χ1n) is 3.80. The minimum atomic E-state index is -0.128. The third-order valence-corrected chi connectivity index (χ3v) is 1.63. The van der Waals surface area contributed by atoms with Crippen LogP contribution in [-0.4, -0.2) is 27.1 Å². The van der Waals surface area contributed by atoms with Crippen molar-refractivity contribution in [3.8, 4) is 11.8 Å². The third kappa shape index (κ3) is 1.50. The second-order valence-corrected chi connectivity index (χ2v) is 2.49. The summed E-state index contributed by atoms with van der Waals surface area (Å²) in [5.74, 6) is 5.36. The van der Waals surface area contributed by atoms with Crippen molar-refractivity contribution >= 4 is 11.0 Å². The fourth-order valence-corrected chi connectivity index (χ4v) is 1.06. The lowest BCUT2D eigenvalue weighted by Crippen LogP contribution is -1.77. The van der Waals surface area contributed by atoms with Crippen LogP contribution >= 0.6 is 0 Å². The zero-order valence-corrected chi connectivity index (χ0v) is 6.78. The molecule has 0 aliphatic rings. The van der Waals surface area contributed by atoms with E-state index in [0.29, 0.717) is 0 Å². The van der Waals surface area contributed by atoms with Gasteiger partial charge in [-0.15, -0.1) is 0 Å². The van der Waals surface area contributed by atoms with Crippen LogP contribution in [0.3, 0.4) is 0 Å². The minimum Gasteiger partial charge on any atom is -0.384 e. The Morgan fingerprint density at radius 3 is 3.00 bits per heavy atom. The van der Waals surface area contributed by atoms with E-state index in [4.69, 9.17) is 5.11 Å². The fraction of sp³-hybridized carbons (Fsp3) is 0.111. The van der Waals surface area contributed by atoms with Gasteiger partial charge in [-0.3, -0.25) is 0 Å². The van der Waals surface area contributed by atoms with E-state index in [1.165, 1.54) is 0 Å². The lowest BCUT2D eigenvalue weighted by Gasteiger charge is -1.87. The van der Waals surface area contributed by atoms with Gasteiger partial charge in [0.15, 0.2) is 0 Å². The maximum Gasteiger partial charge on any atom is 0.114 e. The summed E-state index contributed by atoms with van der Waals surface area (Å²) in [6.45, 7) is -0.128. The molecule has 0 aliphatic heterocycles. The number of fused-ring (bicyclic) bond motifs is 1. The van der Waals surface area contributed by atoms with Crippen molar-refractivity contribution in [2.24, 2.45) is 0 Å². The van der Waals surface area contributed by atoms with Gasteiger partial charge in [0.25, 0.3) is 0 Å². The molecule has 2 N–H and O–H groups in total. The molecule has 0 atom stereocenters. The Morgan fingerprint density at radius 1 is 1.31 bits per heavy atom. The van der Waals surface area contributed by atoms with Crippen molar-refractivity contribution < 1.29 is 5.11 Å². The second-order valence-electron chi connectivity index (χ2n) is 2.49. The predicted molar refractivity (Wildman–Crippen MR) is 47.9 cm³/mol. The number of hydrogen-bond donors (Lipinski definition) is 2. The second kappa shape index (κ2) is 3.25. The third-order valence-electron chi connectivity index (χ3n) is 1.63. The van der Waals surface area contributed by atoms with Gasteiger partial charge in [0, 0.05) is 5.56 Å². The van der Waals surface area contributed by atoms with Crippen molar-refractivity contribution in [2.45, 2.75) is 0 Å². The monoisotopic (exact) mass is 173 g/mol. The van der Waals surface area contributed by atoms with Crippen LogP contribution in [0.15, 0.2) is 18.2 Å². The van der Waals surface area contributed by atoms with Gasteiger partial charge in [-0.05, 0) is 18.2 Å². The van der Waals surface area contributed by atoms with Gasteiger partial charge in [-0.25, -0.2) is 0 Å². The zero-order chi connectivity index (χ0) is 9.10. The predicted octanol–water partition coefficient (Wildman–Crippen LogP) is 0.302. The lowest BCUT2D eigenvalue weighted by atomic mass is 10.2. The highest BCUT2D eigenvalue weighted by Gasteiger charge is 1.96. The number of aromatic amines is 1. The molecule has 1 aromatic heterocycles. The van der Waals surface area contributed by atoms with E-state index in [2.05, 4.69) is 27.3 Å². The van der Waals surface area contributed by atoms with Crippen LogP contribution in [0, 0.1) is 11.8 Å². The first-order valence-corrected chi connectivity index (χ1v) is 3.80. The molecular formula is C9H7N3O. The van der Waals surface area contributed by atoms with E-state index in [0.717, 1.165) is 16.6 Å². The number of aliphatic hydroxyl groups is 1. The van der Waals surface area contributed by atoms with Crippen molar-refractivity contribution in [3.63, 3.8) is 0 Å². The molecule has 1 aromatic carbocycles. The number of nitrogens with zero attached hydrogens (tertiary/aromatic N) is 2. The Balaban J connectivity index is 2.48. The van der Waals surface area contributed by atoms with Gasteiger partial charge >= 0.3 is 0 Å². The molecular weight excluding hydrogens is 166 g/mol. The van der Waals surface area contributed by atoms with Gasteiger partial charge in [-0.1, -0.05) is 11.8 Å². The van der Waals surface area contributed by atoms with E-state index in [9.17, 15) is 0 Å². The van der Waals surface area contributed by atoms with Gasteiger partial charge in [0.2, 0.25) is 0 Å². The quantitative estimate of drug-likeness (QED) is 0.563. The Kier molecular flexibility index (Phi) is 1.94. The Morgan fingerprint density at radius 2 is 2.15 bits per heavy atom. The molecule has 13 heavy (non-hydrogen) atoms. The first kappa shape index (κ1) is 7.77. The SMILES string of the molecule is OCC#Cc1ccc2n[nH]nc2c1. The largest absolute Gasteiger partial charge is 0.384 e. The molecule has 0 bridgehead atoms. The van der Waals surface area contributed by atoms with Crippen molar-refractivity contribution in [1.29, 1.82) is 0 Å². The van der Waals surface area contributed by atoms with Crippen LogP contribution in [0.2, 0.25) is 0 Å². The van der Waals surface area contributed by atoms with E-state index < -0.39 is 0 Å². The summed E-state index contributed by atoms with van der Waals surface area (Å²) in [7, 11) is 0. The number of benzene rings is 1. The Bertz CT molecular complexity index is 478. The molecule has 0 fully saturated rings. The van der Waals surface area contributed by atoms with Gasteiger partial charge in [-0.2, -0.15) is 15.4 Å². The molecule has 0 amide bonds. The number of H-pyrrole nitrogens is 1. The average molecular weight is 173 g/mol. The normalized spacial score (nSPS) is 9.62. The first-order chi connectivity index (χ1) is 6.40. The molecule has 0 spiro atoms. The molecule has 0 unspecified atom stereocenters. The molecule has 0 saturated carbocycles. The summed E-state index contributed by atoms with van der Waals surface area (Å²) in [5, 5.41) is 18.8. The molecule has 2 rings (SSSR count). The topological polar surface area (TPSA) is 61.8 Å². The standard InChI is InChI=1S/C9H7N3O/c13-5-1-2-7-3-4-8-9(6-7)11-12-10-8/h3-4,6,13H,5H2,(H,10,11,12). The van der Waals surface area contributed by atoms with Crippen LogP contribution in [0.25, 0.3) is 11.0 Å². The van der Waals surface area contributed by atoms with Gasteiger partial charge < -0.3 is 5.11 Å². The van der Waals surface area contributed by atoms with Gasteiger partial charge in [0.05, 0.1) is 0 Å². The zero-order valence-electron chi connectivity index (χ0n) is 6.78. The van der Waals surface area contributed by atoms with Crippen molar-refractivity contribution in [2.75, 3.05) is 6.61 Å². The van der Waals surface area contributed by atoms with Crippen LogP contribution in [0.4, 0.5) is 0 Å². The summed E-state index contributed by atoms with van der Waals surface area (Å²) in [4.78, 5) is 0. The number of rotatable bonds is 0. The maximum absolute atomic E-state index is 8.49. The number of aliphatic hydroxyl groups excluding tert-OH is 1. The molecule has 64 valence electrons. The molecule has 0 saturated heterocycles. The Labute approximate surface area is 74.6 Å². The molecule has 2 aromatic rings. The van der Waals surface area contributed by atoms with Crippen LogP contribution in [0.1, 0.15) is 5.56 Å². The summed E-state index contributed by atoms with van der Waals surface area (Å²) < 4.78 is 0.